The summed E-state index contributed by atoms with van der Waals surface area (Å²) < 4.78 is 37.6. The van der Waals surface area contributed by atoms with Crippen molar-refractivity contribution in [3.05, 3.63) is 75.2 Å². The molecule has 1 N–H and O–H groups in total. The molecule has 222 valence electrons. The molecule has 2 amide bonds. The van der Waals surface area contributed by atoms with Crippen molar-refractivity contribution < 1.29 is 27.8 Å². The molecule has 2 aliphatic rings. The zero-order valence-corrected chi connectivity index (χ0v) is 24.8. The molecule has 6 rings (SSSR count). The molecule has 0 unspecified atom stereocenters. The van der Waals surface area contributed by atoms with Gasteiger partial charge in [-0.2, -0.15) is 4.98 Å². The van der Waals surface area contributed by atoms with Crippen LogP contribution in [0.3, 0.4) is 0 Å². The number of nitrogens with zero attached hydrogens (tertiary/aromatic N) is 5. The number of ether oxygens (including phenoxy) is 2. The number of amides is 2. The van der Waals surface area contributed by atoms with Crippen LogP contribution in [0.15, 0.2) is 42.6 Å². The molecular formula is C29H24Cl2F2N6O4. The van der Waals surface area contributed by atoms with Crippen molar-refractivity contribution in [1.82, 2.24) is 19.5 Å². The number of nitrogens with one attached hydrogen (secondary N) is 1. The van der Waals surface area contributed by atoms with Gasteiger partial charge in [0.2, 0.25) is 5.88 Å². The Morgan fingerprint density at radius 3 is 2.49 bits per heavy atom. The summed E-state index contributed by atoms with van der Waals surface area (Å²) in [5, 5.41) is 3.70. The minimum Gasteiger partial charge on any atom is -0.480 e. The van der Waals surface area contributed by atoms with Gasteiger partial charge in [-0.15, -0.1) is 0 Å². The van der Waals surface area contributed by atoms with Crippen molar-refractivity contribution in [3.8, 4) is 23.3 Å². The zero-order chi connectivity index (χ0) is 30.8. The number of alkyl halides is 2. The number of aromatic nitrogens is 4. The third-order valence-electron chi connectivity index (χ3n) is 7.38. The number of fused-ring (bicyclic) bond motifs is 4. The summed E-state index contributed by atoms with van der Waals surface area (Å²) in [5.41, 5.74) is 1.02. The van der Waals surface area contributed by atoms with E-state index in [1.165, 1.54) is 18.2 Å². The highest BCUT2D eigenvalue weighted by atomic mass is 35.5. The average Bonchev–Trinajstić information content (AvgIpc) is 3.57. The van der Waals surface area contributed by atoms with Crippen LogP contribution in [0.25, 0.3) is 11.4 Å². The van der Waals surface area contributed by atoms with Gasteiger partial charge >= 0.3 is 6.01 Å². The van der Waals surface area contributed by atoms with Crippen LogP contribution in [-0.4, -0.2) is 51.5 Å². The van der Waals surface area contributed by atoms with E-state index in [9.17, 15) is 18.4 Å². The Bertz CT molecular complexity index is 1810. The number of rotatable bonds is 7. The van der Waals surface area contributed by atoms with E-state index in [4.69, 9.17) is 37.7 Å². The van der Waals surface area contributed by atoms with Gasteiger partial charge in [0.05, 0.1) is 24.1 Å². The van der Waals surface area contributed by atoms with Gasteiger partial charge in [0.25, 0.3) is 18.2 Å². The lowest BCUT2D eigenvalue weighted by Crippen LogP contribution is -2.51. The quantitative estimate of drug-likeness (QED) is 0.265. The lowest BCUT2D eigenvalue weighted by Gasteiger charge is -2.36. The smallest absolute Gasteiger partial charge is 0.319 e. The standard InChI is InChI=1S/C29H24Cl2F2N6O4/c1-13(2)38-23-22(36-24(38)17-11-34-28(37-25(17)42-4)43-12-21(32)33)26(40)39(20-10-16(31)6-5-14(20)3)29(23)18-8-7-15(30)9-19(18)35-27(29)41/h5-11,13,21H,12H2,1-4H3,(H,35,41)/t29-/m1/s1. The molecule has 1 spiro atoms. The Balaban J connectivity index is 1.65. The molecule has 1 atom stereocenters. The molecule has 0 fully saturated rings. The topological polar surface area (TPSA) is 111 Å². The van der Waals surface area contributed by atoms with Crippen LogP contribution in [0.4, 0.5) is 20.2 Å². The van der Waals surface area contributed by atoms with Gasteiger partial charge < -0.3 is 19.4 Å². The fourth-order valence-corrected chi connectivity index (χ4v) is 6.03. The predicted molar refractivity (Wildman–Crippen MR) is 156 cm³/mol. The Morgan fingerprint density at radius 1 is 1.07 bits per heavy atom. The lowest BCUT2D eigenvalue weighted by atomic mass is 9.86. The molecule has 10 nitrogen and oxygen atoms in total. The van der Waals surface area contributed by atoms with Crippen LogP contribution in [0.1, 0.15) is 47.2 Å². The number of carbonyl (C=O) groups is 2. The first kappa shape index (κ1) is 28.8. The monoisotopic (exact) mass is 628 g/mol. The third-order valence-corrected chi connectivity index (χ3v) is 7.85. The van der Waals surface area contributed by atoms with Crippen molar-refractivity contribution in [2.75, 3.05) is 23.9 Å². The first-order chi connectivity index (χ1) is 20.5. The van der Waals surface area contributed by atoms with Gasteiger partial charge in [0, 0.05) is 33.5 Å². The minimum atomic E-state index is -2.72. The SMILES string of the molecule is COc1nc(OCC(F)F)ncc1-c1nc2c(n1C(C)C)[C@]1(C(=O)Nc3cc(Cl)ccc31)N(c1cc(Cl)ccc1C)C2=O. The molecule has 4 heterocycles. The number of carbonyl (C=O) groups excluding carboxylic acids is 2. The minimum absolute atomic E-state index is 0.0167. The van der Waals surface area contributed by atoms with Gasteiger partial charge in [-0.05, 0) is 50.6 Å². The molecule has 0 saturated heterocycles. The Kier molecular flexibility index (Phi) is 7.01. The maximum absolute atomic E-state index is 14.5. The molecule has 2 aromatic carbocycles. The summed E-state index contributed by atoms with van der Waals surface area (Å²) in [6.07, 6.45) is -1.40. The van der Waals surface area contributed by atoms with Crippen LogP contribution in [0, 0.1) is 6.92 Å². The second-order valence-corrected chi connectivity index (χ2v) is 11.2. The number of imidazole rings is 1. The van der Waals surface area contributed by atoms with Crippen LogP contribution in [-0.2, 0) is 10.3 Å². The molecular weight excluding hydrogens is 605 g/mol. The van der Waals surface area contributed by atoms with Gasteiger partial charge in [-0.3, -0.25) is 14.5 Å². The molecule has 14 heteroatoms. The number of methoxy groups -OCH3 is 1. The highest BCUT2D eigenvalue weighted by Crippen LogP contribution is 2.55. The summed E-state index contributed by atoms with van der Waals surface area (Å²) >= 11 is 12.7. The van der Waals surface area contributed by atoms with E-state index < -0.39 is 30.4 Å². The largest absolute Gasteiger partial charge is 0.480 e. The molecule has 2 aliphatic heterocycles. The van der Waals surface area contributed by atoms with E-state index in [1.807, 2.05) is 20.8 Å². The van der Waals surface area contributed by atoms with E-state index in [-0.39, 0.29) is 35.0 Å². The first-order valence-corrected chi connectivity index (χ1v) is 13.9. The van der Waals surface area contributed by atoms with Crippen molar-refractivity contribution in [3.63, 3.8) is 0 Å². The Hall–Kier alpha value is -4.29. The fraction of sp³-hybridized carbons (Fsp3) is 0.276. The van der Waals surface area contributed by atoms with Crippen LogP contribution < -0.4 is 19.7 Å². The van der Waals surface area contributed by atoms with E-state index >= 15 is 0 Å². The van der Waals surface area contributed by atoms with Crippen LogP contribution >= 0.6 is 23.2 Å². The van der Waals surface area contributed by atoms with Crippen LogP contribution in [0.2, 0.25) is 10.0 Å². The summed E-state index contributed by atoms with van der Waals surface area (Å²) in [4.78, 5) is 43.2. The lowest BCUT2D eigenvalue weighted by molar-refractivity contribution is -0.119. The fourth-order valence-electron chi connectivity index (χ4n) is 5.69. The Morgan fingerprint density at radius 2 is 1.79 bits per heavy atom. The second kappa shape index (κ2) is 10.5. The first-order valence-electron chi connectivity index (χ1n) is 13.2. The summed E-state index contributed by atoms with van der Waals surface area (Å²) in [7, 11) is 1.35. The van der Waals surface area contributed by atoms with E-state index in [0.29, 0.717) is 38.2 Å². The number of benzene rings is 2. The predicted octanol–water partition coefficient (Wildman–Crippen LogP) is 6.04. The van der Waals surface area contributed by atoms with Crippen molar-refractivity contribution in [2.24, 2.45) is 0 Å². The zero-order valence-electron chi connectivity index (χ0n) is 23.3. The van der Waals surface area contributed by atoms with E-state index in [1.54, 1.807) is 41.0 Å². The average molecular weight is 629 g/mol. The number of halogens is 4. The molecule has 43 heavy (non-hydrogen) atoms. The molecule has 0 bridgehead atoms. The summed E-state index contributed by atoms with van der Waals surface area (Å²) in [6, 6.07) is 9.44. The number of aryl methyl sites for hydroxylation is 1. The van der Waals surface area contributed by atoms with Gasteiger partial charge in [0.1, 0.15) is 5.82 Å². The highest BCUT2D eigenvalue weighted by molar-refractivity contribution is 6.32. The summed E-state index contributed by atoms with van der Waals surface area (Å²) in [5.74, 6) is -0.793. The molecule has 0 radical (unpaired) electrons. The highest BCUT2D eigenvalue weighted by Gasteiger charge is 2.64. The number of hydrogen-bond acceptors (Lipinski definition) is 7. The number of anilines is 2. The normalized spacial score (nSPS) is 17.2. The van der Waals surface area contributed by atoms with Crippen molar-refractivity contribution >= 4 is 46.4 Å². The van der Waals surface area contributed by atoms with Gasteiger partial charge in [0.15, 0.2) is 17.8 Å². The third kappa shape index (κ3) is 4.30. The maximum atomic E-state index is 14.5. The molecule has 0 saturated carbocycles. The maximum Gasteiger partial charge on any atom is 0.319 e. The molecule has 2 aromatic heterocycles. The molecule has 0 aliphatic carbocycles. The van der Waals surface area contributed by atoms with Crippen molar-refractivity contribution in [1.29, 1.82) is 0 Å². The molecule has 4 aromatic rings. The summed E-state index contributed by atoms with van der Waals surface area (Å²) in [6.45, 7) is 4.67. The Labute approximate surface area is 254 Å². The second-order valence-electron chi connectivity index (χ2n) is 10.3. The number of hydrogen-bond donors (Lipinski definition) is 1. The van der Waals surface area contributed by atoms with Crippen molar-refractivity contribution in [2.45, 2.75) is 38.8 Å². The van der Waals surface area contributed by atoms with E-state index in [0.717, 1.165) is 0 Å². The van der Waals surface area contributed by atoms with Gasteiger partial charge in [-0.1, -0.05) is 35.3 Å². The van der Waals surface area contributed by atoms with Crippen LogP contribution in [0.5, 0.6) is 11.9 Å². The van der Waals surface area contributed by atoms with E-state index in [2.05, 4.69) is 15.3 Å². The van der Waals surface area contributed by atoms with Gasteiger partial charge in [-0.25, -0.2) is 18.7 Å².